The lowest BCUT2D eigenvalue weighted by atomic mass is 10.2. The van der Waals surface area contributed by atoms with Crippen LogP contribution < -0.4 is 4.90 Å². The molecule has 1 aromatic rings. The Morgan fingerprint density at radius 2 is 2.06 bits per heavy atom. The number of nitrogens with zero attached hydrogens (tertiary/aromatic N) is 4. The summed E-state index contributed by atoms with van der Waals surface area (Å²) in [6.07, 6.45) is 0.917. The number of carbonyl (C=O) groups is 1. The Hall–Kier alpha value is -1.36. The number of piperazine rings is 1. The summed E-state index contributed by atoms with van der Waals surface area (Å²) in [5.74, 6) is 0.956. The molecule has 1 aromatic heterocycles. The Morgan fingerprint density at radius 3 is 2.65 bits per heavy atom. The maximum Gasteiger partial charge on any atom is 0.155 e. The SMILES string of the molecule is Cc1nn(C)c(N2CCN(C)C(C)C2)c1C=O. The van der Waals surface area contributed by atoms with Gasteiger partial charge >= 0.3 is 0 Å². The molecule has 5 heteroatoms. The molecule has 5 nitrogen and oxygen atoms in total. The van der Waals surface area contributed by atoms with Gasteiger partial charge in [0.1, 0.15) is 5.82 Å². The molecule has 0 saturated carbocycles. The van der Waals surface area contributed by atoms with Crippen molar-refractivity contribution < 1.29 is 4.79 Å². The van der Waals surface area contributed by atoms with Crippen molar-refractivity contribution in [1.29, 1.82) is 0 Å². The quantitative estimate of drug-likeness (QED) is 0.708. The largest absolute Gasteiger partial charge is 0.353 e. The number of likely N-dealkylation sites (N-methyl/N-ethyl adjacent to an activating group) is 1. The zero-order chi connectivity index (χ0) is 12.6. The van der Waals surface area contributed by atoms with Gasteiger partial charge in [0.15, 0.2) is 6.29 Å². The third kappa shape index (κ3) is 2.07. The van der Waals surface area contributed by atoms with Gasteiger partial charge in [0.2, 0.25) is 0 Å². The smallest absolute Gasteiger partial charge is 0.155 e. The number of rotatable bonds is 2. The molecule has 1 fully saturated rings. The van der Waals surface area contributed by atoms with Crippen LogP contribution in [0.5, 0.6) is 0 Å². The Morgan fingerprint density at radius 1 is 1.35 bits per heavy atom. The van der Waals surface area contributed by atoms with Crippen LogP contribution in [0.4, 0.5) is 5.82 Å². The van der Waals surface area contributed by atoms with E-state index in [1.54, 1.807) is 0 Å². The van der Waals surface area contributed by atoms with Gasteiger partial charge in [0.05, 0.1) is 11.3 Å². The second-order valence-electron chi connectivity index (χ2n) is 4.84. The van der Waals surface area contributed by atoms with Gasteiger partial charge in [-0.3, -0.25) is 9.48 Å². The molecule has 0 bridgehead atoms. The highest BCUT2D eigenvalue weighted by atomic mass is 16.1. The summed E-state index contributed by atoms with van der Waals surface area (Å²) in [7, 11) is 4.04. The molecule has 0 aromatic carbocycles. The van der Waals surface area contributed by atoms with Crippen molar-refractivity contribution in [2.75, 3.05) is 31.6 Å². The average molecular weight is 236 g/mol. The number of aromatic nitrogens is 2. The van der Waals surface area contributed by atoms with E-state index in [2.05, 4.69) is 28.9 Å². The summed E-state index contributed by atoms with van der Waals surface area (Å²) >= 11 is 0. The number of anilines is 1. The van der Waals surface area contributed by atoms with Crippen LogP contribution in [0.15, 0.2) is 0 Å². The van der Waals surface area contributed by atoms with Crippen molar-refractivity contribution in [2.24, 2.45) is 7.05 Å². The zero-order valence-corrected chi connectivity index (χ0v) is 11.0. The van der Waals surface area contributed by atoms with Crippen LogP contribution in [0, 0.1) is 6.92 Å². The molecule has 1 saturated heterocycles. The van der Waals surface area contributed by atoms with Gasteiger partial charge in [0.25, 0.3) is 0 Å². The minimum Gasteiger partial charge on any atom is -0.353 e. The van der Waals surface area contributed by atoms with Crippen molar-refractivity contribution >= 4 is 12.1 Å². The molecule has 1 aliphatic rings. The second kappa shape index (κ2) is 4.49. The fraction of sp³-hybridized carbons (Fsp3) is 0.667. The fourth-order valence-corrected chi connectivity index (χ4v) is 2.42. The lowest BCUT2D eigenvalue weighted by Crippen LogP contribution is -2.50. The second-order valence-corrected chi connectivity index (χ2v) is 4.84. The molecule has 0 N–H and O–H groups in total. The predicted molar refractivity (Wildman–Crippen MR) is 67.6 cm³/mol. The van der Waals surface area contributed by atoms with Crippen LogP contribution in [0.2, 0.25) is 0 Å². The Bertz CT molecular complexity index is 426. The normalized spacial score (nSPS) is 21.9. The third-order valence-electron chi connectivity index (χ3n) is 3.61. The first-order chi connectivity index (χ1) is 8.04. The molecule has 0 aliphatic carbocycles. The van der Waals surface area contributed by atoms with Crippen molar-refractivity contribution in [3.63, 3.8) is 0 Å². The summed E-state index contributed by atoms with van der Waals surface area (Å²) in [5, 5.41) is 4.33. The molecule has 1 unspecified atom stereocenters. The molecule has 1 aliphatic heterocycles. The molecular weight excluding hydrogens is 216 g/mol. The highest BCUT2D eigenvalue weighted by Crippen LogP contribution is 2.23. The van der Waals surface area contributed by atoms with Gasteiger partial charge in [-0.1, -0.05) is 0 Å². The molecule has 2 rings (SSSR count). The van der Waals surface area contributed by atoms with Crippen LogP contribution in [-0.2, 0) is 7.05 Å². The van der Waals surface area contributed by atoms with Crippen LogP contribution in [0.1, 0.15) is 23.0 Å². The van der Waals surface area contributed by atoms with E-state index in [0.717, 1.165) is 43.0 Å². The minimum absolute atomic E-state index is 0.499. The molecule has 94 valence electrons. The maximum absolute atomic E-state index is 11.2. The van der Waals surface area contributed by atoms with E-state index in [-0.39, 0.29) is 0 Å². The molecular formula is C12H20N4O. The van der Waals surface area contributed by atoms with Crippen LogP contribution in [0.3, 0.4) is 0 Å². The predicted octanol–water partition coefficient (Wildman–Crippen LogP) is 0.681. The summed E-state index contributed by atoms with van der Waals surface area (Å²) < 4.78 is 1.82. The van der Waals surface area contributed by atoms with E-state index in [0.29, 0.717) is 6.04 Å². The first kappa shape index (κ1) is 12.1. The molecule has 2 heterocycles. The Kier molecular flexibility index (Phi) is 3.19. The highest BCUT2D eigenvalue weighted by Gasteiger charge is 2.25. The molecule has 0 radical (unpaired) electrons. The highest BCUT2D eigenvalue weighted by molar-refractivity contribution is 5.84. The van der Waals surface area contributed by atoms with Crippen LogP contribution >= 0.6 is 0 Å². The van der Waals surface area contributed by atoms with Crippen molar-refractivity contribution in [3.8, 4) is 0 Å². The number of carbonyl (C=O) groups excluding carboxylic acids is 1. The first-order valence-corrected chi connectivity index (χ1v) is 5.98. The van der Waals surface area contributed by atoms with E-state index in [9.17, 15) is 4.79 Å². The summed E-state index contributed by atoms with van der Waals surface area (Å²) in [5.41, 5.74) is 1.54. The van der Waals surface area contributed by atoms with E-state index in [4.69, 9.17) is 0 Å². The summed E-state index contributed by atoms with van der Waals surface area (Å²) in [4.78, 5) is 15.8. The fourth-order valence-electron chi connectivity index (χ4n) is 2.42. The van der Waals surface area contributed by atoms with Gasteiger partial charge < -0.3 is 9.80 Å². The van der Waals surface area contributed by atoms with E-state index < -0.39 is 0 Å². The van der Waals surface area contributed by atoms with Gasteiger partial charge in [-0.2, -0.15) is 5.10 Å². The summed E-state index contributed by atoms with van der Waals surface area (Å²) in [6, 6.07) is 0.499. The van der Waals surface area contributed by atoms with Crippen LogP contribution in [0.25, 0.3) is 0 Å². The van der Waals surface area contributed by atoms with Gasteiger partial charge in [0, 0.05) is 32.7 Å². The minimum atomic E-state index is 0.499. The van der Waals surface area contributed by atoms with E-state index >= 15 is 0 Å². The Balaban J connectivity index is 2.31. The van der Waals surface area contributed by atoms with E-state index in [1.807, 2.05) is 18.7 Å². The number of hydrogen-bond donors (Lipinski definition) is 0. The molecule has 0 spiro atoms. The topological polar surface area (TPSA) is 41.4 Å². The monoisotopic (exact) mass is 236 g/mol. The lowest BCUT2D eigenvalue weighted by molar-refractivity contribution is 0.112. The summed E-state index contributed by atoms with van der Waals surface area (Å²) in [6.45, 7) is 6.99. The van der Waals surface area contributed by atoms with Crippen LogP contribution in [-0.4, -0.2) is 53.7 Å². The van der Waals surface area contributed by atoms with Crippen molar-refractivity contribution in [1.82, 2.24) is 14.7 Å². The number of hydrogen-bond acceptors (Lipinski definition) is 4. The molecule has 1 atom stereocenters. The standard InChI is InChI=1S/C12H20N4O/c1-9-7-16(6-5-14(9)3)12-11(8-17)10(2)13-15(12)4/h8-9H,5-7H2,1-4H3. The first-order valence-electron chi connectivity index (χ1n) is 5.98. The third-order valence-corrected chi connectivity index (χ3v) is 3.61. The van der Waals surface area contributed by atoms with Crippen molar-refractivity contribution in [2.45, 2.75) is 19.9 Å². The maximum atomic E-state index is 11.2. The molecule has 0 amide bonds. The number of aryl methyl sites for hydroxylation is 2. The molecule has 17 heavy (non-hydrogen) atoms. The number of aldehydes is 1. The van der Waals surface area contributed by atoms with Gasteiger partial charge in [-0.15, -0.1) is 0 Å². The lowest BCUT2D eigenvalue weighted by Gasteiger charge is -2.38. The van der Waals surface area contributed by atoms with Gasteiger partial charge in [-0.05, 0) is 20.9 Å². The van der Waals surface area contributed by atoms with Gasteiger partial charge in [-0.25, -0.2) is 0 Å². The Labute approximate surface area is 102 Å². The zero-order valence-electron chi connectivity index (χ0n) is 11.0. The average Bonchev–Trinajstić information content (AvgIpc) is 2.57. The van der Waals surface area contributed by atoms with Crippen molar-refractivity contribution in [3.05, 3.63) is 11.3 Å². The van der Waals surface area contributed by atoms with E-state index in [1.165, 1.54) is 0 Å².